The molecule has 0 aromatic heterocycles. The van der Waals surface area contributed by atoms with E-state index < -0.39 is 15.9 Å². The van der Waals surface area contributed by atoms with Crippen LogP contribution in [0.15, 0.2) is 54.3 Å². The number of ether oxygens (including phenoxy) is 1. The minimum Gasteiger partial charge on any atom is -0.358 e. The molecule has 1 aromatic rings. The van der Waals surface area contributed by atoms with Gasteiger partial charge in [0.2, 0.25) is 0 Å². The third-order valence-electron chi connectivity index (χ3n) is 3.11. The van der Waals surface area contributed by atoms with Crippen molar-refractivity contribution in [2.24, 2.45) is 5.92 Å². The van der Waals surface area contributed by atoms with E-state index in [0.717, 1.165) is 0 Å². The topological polar surface area (TPSA) is 69.4 Å². The van der Waals surface area contributed by atoms with Gasteiger partial charge in [-0.05, 0) is 6.08 Å². The lowest BCUT2D eigenvalue weighted by Crippen LogP contribution is -2.38. The Morgan fingerprint density at radius 3 is 2.60 bits per heavy atom. The number of benzene rings is 1. The molecular weight excluding hydrogens is 282 g/mol. The molecule has 0 spiro atoms. The fraction of sp³-hybridized carbons (Fsp3) is 0.214. The Morgan fingerprint density at radius 2 is 2.05 bits per heavy atom. The fourth-order valence-electron chi connectivity index (χ4n) is 2.00. The van der Waals surface area contributed by atoms with Gasteiger partial charge in [-0.25, -0.2) is 0 Å². The van der Waals surface area contributed by atoms with Gasteiger partial charge in [-0.3, -0.25) is 14.9 Å². The van der Waals surface area contributed by atoms with Crippen molar-refractivity contribution in [3.63, 3.8) is 0 Å². The molecule has 0 amide bonds. The summed E-state index contributed by atoms with van der Waals surface area (Å²) in [6.07, 6.45) is 3.80. The van der Waals surface area contributed by atoms with Crippen LogP contribution in [-0.2, 0) is 4.74 Å². The van der Waals surface area contributed by atoms with Gasteiger partial charge in [0.1, 0.15) is 0 Å². The van der Waals surface area contributed by atoms with E-state index in [4.69, 9.17) is 16.3 Å². The monoisotopic (exact) mass is 293 g/mol. The first-order chi connectivity index (χ1) is 9.48. The van der Waals surface area contributed by atoms with E-state index in [2.05, 4.69) is 0 Å². The van der Waals surface area contributed by atoms with Crippen molar-refractivity contribution in [1.82, 2.24) is 0 Å². The van der Waals surface area contributed by atoms with Crippen LogP contribution in [-0.4, -0.2) is 22.9 Å². The van der Waals surface area contributed by atoms with Crippen molar-refractivity contribution in [3.05, 3.63) is 69.9 Å². The van der Waals surface area contributed by atoms with Crippen molar-refractivity contribution in [2.45, 2.75) is 5.06 Å². The molecule has 0 saturated carbocycles. The second-order valence-corrected chi connectivity index (χ2v) is 4.88. The fourth-order valence-corrected chi connectivity index (χ4v) is 2.22. The molecule has 2 atom stereocenters. The number of allylic oxidation sites excluding steroid dienone is 1. The number of methoxy groups -OCH3 is 1. The predicted octanol–water partition coefficient (Wildman–Crippen LogP) is 2.80. The van der Waals surface area contributed by atoms with Crippen LogP contribution in [0.3, 0.4) is 0 Å². The molecule has 1 aliphatic rings. The number of Topliss-reactive ketones (excluding diaryl/α,β-unsaturated/α-hetero) is 1. The van der Waals surface area contributed by atoms with E-state index in [0.29, 0.717) is 5.56 Å². The van der Waals surface area contributed by atoms with Crippen LogP contribution in [0.1, 0.15) is 10.4 Å². The summed E-state index contributed by atoms with van der Waals surface area (Å²) in [4.78, 5) is 22.8. The molecule has 0 N–H and O–H groups in total. The lowest BCUT2D eigenvalue weighted by Gasteiger charge is -2.30. The van der Waals surface area contributed by atoms with E-state index in [1.165, 1.54) is 25.3 Å². The molecule has 0 fully saturated rings. The second kappa shape index (κ2) is 5.56. The molecule has 1 aliphatic carbocycles. The van der Waals surface area contributed by atoms with Crippen molar-refractivity contribution < 1.29 is 14.5 Å². The zero-order valence-corrected chi connectivity index (χ0v) is 11.4. The average Bonchev–Trinajstić information content (AvgIpc) is 2.47. The summed E-state index contributed by atoms with van der Waals surface area (Å²) in [5.41, 5.74) is 0.251. The van der Waals surface area contributed by atoms with Crippen LogP contribution < -0.4 is 0 Å². The molecule has 5 nitrogen and oxygen atoms in total. The van der Waals surface area contributed by atoms with E-state index in [9.17, 15) is 14.9 Å². The lowest BCUT2D eigenvalue weighted by atomic mass is 9.88. The maximum absolute atomic E-state index is 12.5. The molecule has 104 valence electrons. The number of hydrogen-bond acceptors (Lipinski definition) is 4. The summed E-state index contributed by atoms with van der Waals surface area (Å²) in [5.74, 6) is -1.28. The van der Waals surface area contributed by atoms with Crippen LogP contribution in [0.5, 0.6) is 0 Å². The van der Waals surface area contributed by atoms with E-state index in [1.54, 1.807) is 30.3 Å². The van der Waals surface area contributed by atoms with Crippen molar-refractivity contribution >= 4 is 17.4 Å². The molecule has 0 bridgehead atoms. The zero-order valence-electron chi connectivity index (χ0n) is 10.7. The Labute approximate surface area is 120 Å². The summed E-state index contributed by atoms with van der Waals surface area (Å²) in [7, 11) is 1.35. The van der Waals surface area contributed by atoms with Gasteiger partial charge < -0.3 is 4.74 Å². The lowest BCUT2D eigenvalue weighted by molar-refractivity contribution is -0.419. The van der Waals surface area contributed by atoms with E-state index in [-0.39, 0.29) is 11.5 Å². The number of ketones is 1. The van der Waals surface area contributed by atoms with Gasteiger partial charge in [0.15, 0.2) is 10.8 Å². The molecule has 2 rings (SSSR count). The Balaban J connectivity index is 2.42. The number of nitrogens with zero attached hydrogens (tertiary/aromatic N) is 1. The van der Waals surface area contributed by atoms with Gasteiger partial charge in [-0.2, -0.15) is 0 Å². The van der Waals surface area contributed by atoms with Crippen LogP contribution >= 0.6 is 11.6 Å². The summed E-state index contributed by atoms with van der Waals surface area (Å²) in [6, 6.07) is 8.47. The Morgan fingerprint density at radius 1 is 1.40 bits per heavy atom. The van der Waals surface area contributed by atoms with Crippen LogP contribution in [0.4, 0.5) is 0 Å². The van der Waals surface area contributed by atoms with Crippen LogP contribution in [0, 0.1) is 16.0 Å². The highest BCUT2D eigenvalue weighted by atomic mass is 35.5. The zero-order chi connectivity index (χ0) is 14.8. The highest BCUT2D eigenvalue weighted by molar-refractivity contribution is 6.27. The average molecular weight is 294 g/mol. The molecule has 0 radical (unpaired) electrons. The highest BCUT2D eigenvalue weighted by Crippen LogP contribution is 2.36. The first kappa shape index (κ1) is 14.4. The normalized spacial score (nSPS) is 25.1. The summed E-state index contributed by atoms with van der Waals surface area (Å²) >= 11 is 6.24. The molecule has 0 saturated heterocycles. The van der Waals surface area contributed by atoms with Crippen LogP contribution in [0.25, 0.3) is 0 Å². The maximum atomic E-state index is 12.5. The van der Waals surface area contributed by atoms with Gasteiger partial charge in [0.25, 0.3) is 5.70 Å². The summed E-state index contributed by atoms with van der Waals surface area (Å²) < 4.78 is 5.15. The Bertz CT molecular complexity index is 596. The molecular formula is C14H12ClNO4. The van der Waals surface area contributed by atoms with E-state index in [1.807, 2.05) is 0 Å². The second-order valence-electron chi connectivity index (χ2n) is 4.29. The predicted molar refractivity (Wildman–Crippen MR) is 74.1 cm³/mol. The molecule has 1 aromatic carbocycles. The van der Waals surface area contributed by atoms with Crippen molar-refractivity contribution in [1.29, 1.82) is 0 Å². The van der Waals surface area contributed by atoms with Gasteiger partial charge >= 0.3 is 0 Å². The molecule has 0 aliphatic heterocycles. The quantitative estimate of drug-likeness (QED) is 0.370. The number of nitro groups is 1. The molecule has 0 heterocycles. The summed E-state index contributed by atoms with van der Waals surface area (Å²) in [5, 5.41) is 9.44. The van der Waals surface area contributed by atoms with Gasteiger partial charge in [-0.1, -0.05) is 41.9 Å². The Kier molecular flexibility index (Phi) is 4.01. The SMILES string of the molecule is COC1(Cl)C=CC([N+](=O)[O-])=CC1C(=O)c1ccccc1. The molecule has 20 heavy (non-hydrogen) atoms. The largest absolute Gasteiger partial charge is 0.358 e. The standard InChI is InChI=1S/C14H12ClNO4/c1-20-14(15)8-7-11(16(18)19)9-12(14)13(17)10-5-3-2-4-6-10/h2-9,12H,1H3. The number of alkyl halides is 1. The van der Waals surface area contributed by atoms with Crippen molar-refractivity contribution in [3.8, 4) is 0 Å². The third kappa shape index (κ3) is 2.64. The van der Waals surface area contributed by atoms with Gasteiger partial charge in [0.05, 0.1) is 10.8 Å². The smallest absolute Gasteiger partial charge is 0.266 e. The third-order valence-corrected chi connectivity index (χ3v) is 3.62. The van der Waals surface area contributed by atoms with E-state index >= 15 is 0 Å². The summed E-state index contributed by atoms with van der Waals surface area (Å²) in [6.45, 7) is 0. The first-order valence-corrected chi connectivity index (χ1v) is 6.24. The van der Waals surface area contributed by atoms with Gasteiger partial charge in [-0.15, -0.1) is 0 Å². The van der Waals surface area contributed by atoms with Crippen molar-refractivity contribution in [2.75, 3.05) is 7.11 Å². The number of rotatable bonds is 4. The first-order valence-electron chi connectivity index (χ1n) is 5.86. The highest BCUT2D eigenvalue weighted by Gasteiger charge is 2.42. The van der Waals surface area contributed by atoms with Crippen LogP contribution in [0.2, 0.25) is 0 Å². The number of hydrogen-bond donors (Lipinski definition) is 0. The number of carbonyl (C=O) groups excluding carboxylic acids is 1. The Hall–Kier alpha value is -1.98. The molecule has 2 unspecified atom stereocenters. The minimum absolute atomic E-state index is 0.174. The maximum Gasteiger partial charge on any atom is 0.266 e. The molecule has 6 heteroatoms. The number of carbonyl (C=O) groups is 1. The number of halogens is 1. The van der Waals surface area contributed by atoms with Gasteiger partial charge in [0, 0.05) is 24.8 Å². The minimum atomic E-state index is -1.41.